The third kappa shape index (κ3) is 4.03. The van der Waals surface area contributed by atoms with E-state index >= 15 is 0 Å². The van der Waals surface area contributed by atoms with E-state index in [1.807, 2.05) is 44.2 Å². The molecule has 1 N–H and O–H groups in total. The van der Waals surface area contributed by atoms with Gasteiger partial charge in [-0.05, 0) is 12.0 Å². The van der Waals surface area contributed by atoms with Crippen molar-refractivity contribution >= 4 is 5.97 Å². The van der Waals surface area contributed by atoms with Crippen LogP contribution in [0.15, 0.2) is 30.3 Å². The van der Waals surface area contributed by atoms with E-state index in [4.69, 9.17) is 4.74 Å². The van der Waals surface area contributed by atoms with Crippen LogP contribution in [0.1, 0.15) is 19.4 Å². The Hall–Kier alpha value is -1.35. The molecule has 3 heteroatoms. The van der Waals surface area contributed by atoms with Crippen molar-refractivity contribution in [2.45, 2.75) is 32.4 Å². The van der Waals surface area contributed by atoms with Gasteiger partial charge in [-0.3, -0.25) is 4.79 Å². The summed E-state index contributed by atoms with van der Waals surface area (Å²) in [5.41, 5.74) is 1.13. The zero-order valence-electron chi connectivity index (χ0n) is 10.1. The van der Waals surface area contributed by atoms with Gasteiger partial charge in [-0.2, -0.15) is 0 Å². The Morgan fingerprint density at radius 3 is 2.44 bits per heavy atom. The highest BCUT2D eigenvalue weighted by atomic mass is 16.5. The van der Waals surface area contributed by atoms with Crippen molar-refractivity contribution in [1.82, 2.24) is 5.32 Å². The van der Waals surface area contributed by atoms with Crippen molar-refractivity contribution < 1.29 is 9.53 Å². The van der Waals surface area contributed by atoms with E-state index in [1.54, 1.807) is 0 Å². The Kier molecular flexibility index (Phi) is 4.99. The summed E-state index contributed by atoms with van der Waals surface area (Å²) in [5.74, 6) is -0.211. The number of hydrogen-bond donors (Lipinski definition) is 1. The molecular formula is C13H19NO2. The molecule has 0 heterocycles. The van der Waals surface area contributed by atoms with Crippen LogP contribution in [-0.4, -0.2) is 25.2 Å². The minimum absolute atomic E-state index is 0.211. The van der Waals surface area contributed by atoms with Crippen molar-refractivity contribution in [1.29, 1.82) is 0 Å². The van der Waals surface area contributed by atoms with E-state index in [9.17, 15) is 4.79 Å². The molecule has 0 aliphatic rings. The van der Waals surface area contributed by atoms with Gasteiger partial charge in [0.1, 0.15) is 6.04 Å². The van der Waals surface area contributed by atoms with Gasteiger partial charge in [0.2, 0.25) is 0 Å². The fraction of sp³-hybridized carbons (Fsp3) is 0.462. The maximum absolute atomic E-state index is 11.6. The number of hydrogen-bond acceptors (Lipinski definition) is 3. The summed E-state index contributed by atoms with van der Waals surface area (Å²) in [6.45, 7) is 4.03. The van der Waals surface area contributed by atoms with Crippen LogP contribution < -0.4 is 5.32 Å². The second-order valence-corrected chi connectivity index (χ2v) is 4.09. The number of carbonyl (C=O) groups excluding carboxylic acids is 1. The minimum atomic E-state index is -0.271. The largest absolute Gasteiger partial charge is 0.468 e. The van der Waals surface area contributed by atoms with Crippen LogP contribution in [0.3, 0.4) is 0 Å². The summed E-state index contributed by atoms with van der Waals surface area (Å²) in [4.78, 5) is 11.6. The van der Waals surface area contributed by atoms with E-state index in [2.05, 4.69) is 5.32 Å². The summed E-state index contributed by atoms with van der Waals surface area (Å²) in [5, 5.41) is 3.20. The molecule has 0 spiro atoms. The van der Waals surface area contributed by atoms with Gasteiger partial charge in [0.15, 0.2) is 0 Å². The molecule has 0 saturated carbocycles. The van der Waals surface area contributed by atoms with E-state index in [0.29, 0.717) is 6.42 Å². The molecule has 16 heavy (non-hydrogen) atoms. The standard InChI is InChI=1S/C13H19NO2/c1-10(2)14-12(13(15)16-3)9-11-7-5-4-6-8-11/h4-8,10,12,14H,9H2,1-3H3/t12-/m1/s1. The van der Waals surface area contributed by atoms with Crippen LogP contribution in [0.4, 0.5) is 0 Å². The molecule has 0 aliphatic carbocycles. The Bertz CT molecular complexity index is 322. The zero-order valence-corrected chi connectivity index (χ0v) is 10.1. The average molecular weight is 221 g/mol. The Morgan fingerprint density at radius 1 is 1.31 bits per heavy atom. The Morgan fingerprint density at radius 2 is 1.94 bits per heavy atom. The third-order valence-electron chi connectivity index (χ3n) is 2.30. The van der Waals surface area contributed by atoms with Crippen LogP contribution in [-0.2, 0) is 16.0 Å². The molecule has 0 aromatic heterocycles. The van der Waals surface area contributed by atoms with Gasteiger partial charge in [0.25, 0.3) is 0 Å². The number of rotatable bonds is 5. The SMILES string of the molecule is COC(=O)[C@@H](Cc1ccccc1)NC(C)C. The van der Waals surface area contributed by atoms with Crippen LogP contribution >= 0.6 is 0 Å². The lowest BCUT2D eigenvalue weighted by Crippen LogP contribution is -2.43. The predicted molar refractivity (Wildman–Crippen MR) is 64.2 cm³/mol. The van der Waals surface area contributed by atoms with Crippen molar-refractivity contribution in [3.8, 4) is 0 Å². The smallest absolute Gasteiger partial charge is 0.323 e. The first-order valence-electron chi connectivity index (χ1n) is 5.51. The lowest BCUT2D eigenvalue weighted by atomic mass is 10.1. The highest BCUT2D eigenvalue weighted by Gasteiger charge is 2.19. The quantitative estimate of drug-likeness (QED) is 0.770. The van der Waals surface area contributed by atoms with Crippen molar-refractivity contribution in [3.63, 3.8) is 0 Å². The topological polar surface area (TPSA) is 38.3 Å². The fourth-order valence-corrected chi connectivity index (χ4v) is 1.60. The van der Waals surface area contributed by atoms with Gasteiger partial charge in [0, 0.05) is 6.04 Å². The maximum atomic E-state index is 11.6. The number of carbonyl (C=O) groups is 1. The van der Waals surface area contributed by atoms with E-state index < -0.39 is 0 Å². The molecule has 1 aromatic rings. The first-order chi connectivity index (χ1) is 7.63. The van der Waals surface area contributed by atoms with Gasteiger partial charge in [-0.25, -0.2) is 0 Å². The molecule has 1 aromatic carbocycles. The number of methoxy groups -OCH3 is 1. The molecule has 0 aliphatic heterocycles. The molecule has 0 fully saturated rings. The first-order valence-corrected chi connectivity index (χ1v) is 5.51. The van der Waals surface area contributed by atoms with Gasteiger partial charge in [-0.15, -0.1) is 0 Å². The third-order valence-corrected chi connectivity index (χ3v) is 2.30. The summed E-state index contributed by atoms with van der Waals surface area (Å²) in [6, 6.07) is 9.92. The van der Waals surface area contributed by atoms with Gasteiger partial charge >= 0.3 is 5.97 Å². The second kappa shape index (κ2) is 6.28. The molecule has 0 unspecified atom stereocenters. The normalized spacial score (nSPS) is 12.5. The van der Waals surface area contributed by atoms with Crippen molar-refractivity contribution in [2.24, 2.45) is 0 Å². The van der Waals surface area contributed by atoms with Gasteiger partial charge in [0.05, 0.1) is 7.11 Å². The minimum Gasteiger partial charge on any atom is -0.468 e. The first kappa shape index (κ1) is 12.7. The van der Waals surface area contributed by atoms with E-state index in [-0.39, 0.29) is 18.1 Å². The summed E-state index contributed by atoms with van der Waals surface area (Å²) in [7, 11) is 1.42. The van der Waals surface area contributed by atoms with Crippen LogP contribution in [0, 0.1) is 0 Å². The fourth-order valence-electron chi connectivity index (χ4n) is 1.60. The van der Waals surface area contributed by atoms with Crippen molar-refractivity contribution in [2.75, 3.05) is 7.11 Å². The summed E-state index contributed by atoms with van der Waals surface area (Å²) in [6.07, 6.45) is 0.658. The summed E-state index contributed by atoms with van der Waals surface area (Å²) < 4.78 is 4.78. The predicted octanol–water partition coefficient (Wildman–Crippen LogP) is 1.77. The van der Waals surface area contributed by atoms with Crippen molar-refractivity contribution in [3.05, 3.63) is 35.9 Å². The zero-order chi connectivity index (χ0) is 12.0. The molecule has 3 nitrogen and oxygen atoms in total. The number of benzene rings is 1. The highest BCUT2D eigenvalue weighted by molar-refractivity contribution is 5.76. The lowest BCUT2D eigenvalue weighted by Gasteiger charge is -2.18. The molecule has 0 radical (unpaired) electrons. The highest BCUT2D eigenvalue weighted by Crippen LogP contribution is 2.05. The molecular weight excluding hydrogens is 202 g/mol. The number of esters is 1. The molecule has 0 bridgehead atoms. The number of nitrogens with one attached hydrogen (secondary N) is 1. The van der Waals surface area contributed by atoms with Gasteiger partial charge < -0.3 is 10.1 Å². The van der Waals surface area contributed by atoms with Gasteiger partial charge in [-0.1, -0.05) is 44.2 Å². The molecule has 0 saturated heterocycles. The second-order valence-electron chi connectivity index (χ2n) is 4.09. The monoisotopic (exact) mass is 221 g/mol. The molecule has 0 amide bonds. The lowest BCUT2D eigenvalue weighted by molar-refractivity contribution is -0.143. The maximum Gasteiger partial charge on any atom is 0.323 e. The van der Waals surface area contributed by atoms with E-state index in [0.717, 1.165) is 5.56 Å². The van der Waals surface area contributed by atoms with Crippen LogP contribution in [0.25, 0.3) is 0 Å². The molecule has 1 atom stereocenters. The molecule has 1 rings (SSSR count). The van der Waals surface area contributed by atoms with Crippen LogP contribution in [0.5, 0.6) is 0 Å². The van der Waals surface area contributed by atoms with E-state index in [1.165, 1.54) is 7.11 Å². The molecule has 88 valence electrons. The van der Waals surface area contributed by atoms with Crippen LogP contribution in [0.2, 0.25) is 0 Å². The Labute approximate surface area is 96.8 Å². The Balaban J connectivity index is 2.67. The average Bonchev–Trinajstić information content (AvgIpc) is 2.28. The number of ether oxygens (including phenoxy) is 1. The summed E-state index contributed by atoms with van der Waals surface area (Å²) >= 11 is 0.